The molecule has 2 heterocycles. The fourth-order valence-electron chi connectivity index (χ4n) is 3.10. The summed E-state index contributed by atoms with van der Waals surface area (Å²) in [7, 11) is 0. The first-order valence-corrected chi connectivity index (χ1v) is 8.13. The number of nitro groups is 1. The number of hydrogen-bond donors (Lipinski definition) is 1. The van der Waals surface area contributed by atoms with Crippen LogP contribution in [0.3, 0.4) is 0 Å². The Kier molecular flexibility index (Phi) is 4.84. The van der Waals surface area contributed by atoms with Crippen LogP contribution in [0.1, 0.15) is 42.9 Å². The van der Waals surface area contributed by atoms with Gasteiger partial charge in [0, 0.05) is 30.5 Å². The number of aromatic amines is 1. The molecule has 128 valence electrons. The molecule has 24 heavy (non-hydrogen) atoms. The summed E-state index contributed by atoms with van der Waals surface area (Å²) in [5.74, 6) is 1.60. The van der Waals surface area contributed by atoms with Crippen LogP contribution in [0.15, 0.2) is 18.2 Å². The van der Waals surface area contributed by atoms with E-state index >= 15 is 0 Å². The highest BCUT2D eigenvalue weighted by Gasteiger charge is 2.25. The molecule has 1 saturated heterocycles. The minimum atomic E-state index is -0.457. The zero-order valence-electron chi connectivity index (χ0n) is 13.5. The fraction of sp³-hybridized carbons (Fsp3) is 0.500. The van der Waals surface area contributed by atoms with Gasteiger partial charge in [0.15, 0.2) is 5.82 Å². The molecule has 0 radical (unpaired) electrons. The van der Waals surface area contributed by atoms with E-state index in [0.29, 0.717) is 18.0 Å². The van der Waals surface area contributed by atoms with Gasteiger partial charge < -0.3 is 0 Å². The molecular weight excluding hydrogens is 313 g/mol. The Labute approximate surface area is 139 Å². The molecule has 1 fully saturated rings. The number of nitro benzene ring substituents is 1. The standard InChI is InChI=1S/C16H20FN5O2/c1-2-15-18-16(20-19-15)11-5-7-21(8-6-11)10-12-9-13(17)3-4-14(12)22(23)24/h3-4,9,11H,2,5-8,10H2,1H3,(H,18,19,20). The molecule has 1 aliphatic heterocycles. The zero-order valence-corrected chi connectivity index (χ0v) is 13.5. The molecule has 2 aromatic rings. The van der Waals surface area contributed by atoms with Crippen LogP contribution >= 0.6 is 0 Å². The number of nitrogens with one attached hydrogen (secondary N) is 1. The third kappa shape index (κ3) is 3.59. The SMILES string of the molecule is CCc1nc(C2CCN(Cc3cc(F)ccc3[N+](=O)[O-])CC2)n[nH]1. The van der Waals surface area contributed by atoms with E-state index in [4.69, 9.17) is 0 Å². The average molecular weight is 333 g/mol. The summed E-state index contributed by atoms with van der Waals surface area (Å²) in [6.45, 7) is 3.98. The number of aromatic nitrogens is 3. The maximum Gasteiger partial charge on any atom is 0.274 e. The van der Waals surface area contributed by atoms with Crippen molar-refractivity contribution in [2.75, 3.05) is 13.1 Å². The molecule has 3 rings (SSSR count). The normalized spacial score (nSPS) is 16.4. The maximum atomic E-state index is 13.4. The van der Waals surface area contributed by atoms with Gasteiger partial charge in [0.1, 0.15) is 11.6 Å². The minimum absolute atomic E-state index is 0.0277. The molecule has 1 aliphatic rings. The molecule has 0 unspecified atom stereocenters. The van der Waals surface area contributed by atoms with Crippen molar-refractivity contribution >= 4 is 5.69 Å². The fourth-order valence-corrected chi connectivity index (χ4v) is 3.10. The van der Waals surface area contributed by atoms with E-state index in [1.807, 2.05) is 6.92 Å². The molecule has 0 bridgehead atoms. The lowest BCUT2D eigenvalue weighted by molar-refractivity contribution is -0.385. The smallest absolute Gasteiger partial charge is 0.274 e. The van der Waals surface area contributed by atoms with Gasteiger partial charge >= 0.3 is 0 Å². The van der Waals surface area contributed by atoms with Crippen molar-refractivity contribution in [3.8, 4) is 0 Å². The highest BCUT2D eigenvalue weighted by atomic mass is 19.1. The van der Waals surface area contributed by atoms with Crippen molar-refractivity contribution in [1.29, 1.82) is 0 Å². The van der Waals surface area contributed by atoms with Gasteiger partial charge in [0.2, 0.25) is 0 Å². The number of rotatable bonds is 5. The van der Waals surface area contributed by atoms with Crippen LogP contribution in [0.4, 0.5) is 10.1 Å². The molecule has 1 aromatic carbocycles. The quantitative estimate of drug-likeness (QED) is 0.671. The molecule has 1 aromatic heterocycles. The summed E-state index contributed by atoms with van der Waals surface area (Å²) in [5.41, 5.74) is 0.393. The highest BCUT2D eigenvalue weighted by Crippen LogP contribution is 2.28. The average Bonchev–Trinajstić information content (AvgIpc) is 3.04. The van der Waals surface area contributed by atoms with Crippen molar-refractivity contribution in [3.63, 3.8) is 0 Å². The molecule has 0 spiro atoms. The minimum Gasteiger partial charge on any atom is -0.299 e. The van der Waals surface area contributed by atoms with E-state index in [1.165, 1.54) is 12.1 Å². The number of likely N-dealkylation sites (tertiary alicyclic amines) is 1. The summed E-state index contributed by atoms with van der Waals surface area (Å²) in [6, 6.07) is 3.62. The molecule has 8 heteroatoms. The maximum absolute atomic E-state index is 13.4. The van der Waals surface area contributed by atoms with E-state index in [-0.39, 0.29) is 5.69 Å². The number of nitrogens with zero attached hydrogens (tertiary/aromatic N) is 4. The highest BCUT2D eigenvalue weighted by molar-refractivity contribution is 5.40. The van der Waals surface area contributed by atoms with Gasteiger partial charge in [-0.25, -0.2) is 9.37 Å². The van der Waals surface area contributed by atoms with E-state index in [9.17, 15) is 14.5 Å². The van der Waals surface area contributed by atoms with Crippen molar-refractivity contribution < 1.29 is 9.31 Å². The largest absolute Gasteiger partial charge is 0.299 e. The summed E-state index contributed by atoms with van der Waals surface area (Å²) < 4.78 is 13.4. The predicted octanol–water partition coefficient (Wildman–Crippen LogP) is 2.79. The Balaban J connectivity index is 1.63. The van der Waals surface area contributed by atoms with E-state index < -0.39 is 10.7 Å². The molecule has 0 atom stereocenters. The van der Waals surface area contributed by atoms with Crippen LogP contribution in [0, 0.1) is 15.9 Å². The Hall–Kier alpha value is -2.35. The summed E-state index contributed by atoms with van der Waals surface area (Å²) in [4.78, 5) is 17.2. The van der Waals surface area contributed by atoms with Gasteiger partial charge in [-0.05, 0) is 38.1 Å². The number of aryl methyl sites for hydroxylation is 1. The first kappa shape index (κ1) is 16.5. The first-order valence-electron chi connectivity index (χ1n) is 8.13. The second-order valence-corrected chi connectivity index (χ2v) is 6.07. The van der Waals surface area contributed by atoms with E-state index in [0.717, 1.165) is 50.1 Å². The van der Waals surface area contributed by atoms with Crippen molar-refractivity contribution in [2.45, 2.75) is 38.6 Å². The molecule has 0 saturated carbocycles. The molecule has 7 nitrogen and oxygen atoms in total. The number of H-pyrrole nitrogens is 1. The topological polar surface area (TPSA) is 87.9 Å². The van der Waals surface area contributed by atoms with Crippen LogP contribution < -0.4 is 0 Å². The Morgan fingerprint density at radius 3 is 2.79 bits per heavy atom. The first-order chi connectivity index (χ1) is 11.6. The van der Waals surface area contributed by atoms with Crippen molar-refractivity contribution in [3.05, 3.63) is 51.3 Å². The van der Waals surface area contributed by atoms with Gasteiger partial charge in [0.05, 0.1) is 4.92 Å². The number of piperidine rings is 1. The Bertz CT molecular complexity index is 725. The summed E-state index contributed by atoms with van der Waals surface area (Å²) in [5, 5.41) is 18.3. The number of benzene rings is 1. The van der Waals surface area contributed by atoms with Crippen molar-refractivity contribution in [2.24, 2.45) is 0 Å². The Morgan fingerprint density at radius 1 is 1.42 bits per heavy atom. The van der Waals surface area contributed by atoms with E-state index in [2.05, 4.69) is 20.1 Å². The van der Waals surface area contributed by atoms with Gasteiger partial charge in [-0.2, -0.15) is 5.10 Å². The lowest BCUT2D eigenvalue weighted by Gasteiger charge is -2.30. The van der Waals surface area contributed by atoms with Crippen LogP contribution in [0.5, 0.6) is 0 Å². The third-order valence-corrected chi connectivity index (χ3v) is 4.47. The Morgan fingerprint density at radius 2 is 2.17 bits per heavy atom. The third-order valence-electron chi connectivity index (χ3n) is 4.47. The van der Waals surface area contributed by atoms with Crippen LogP contribution in [-0.4, -0.2) is 38.1 Å². The van der Waals surface area contributed by atoms with Gasteiger partial charge in [0.25, 0.3) is 5.69 Å². The molecule has 0 amide bonds. The second-order valence-electron chi connectivity index (χ2n) is 6.07. The molecule has 0 aliphatic carbocycles. The van der Waals surface area contributed by atoms with Crippen LogP contribution in [0.2, 0.25) is 0 Å². The van der Waals surface area contributed by atoms with E-state index in [1.54, 1.807) is 0 Å². The second kappa shape index (κ2) is 7.04. The lowest BCUT2D eigenvalue weighted by Crippen LogP contribution is -2.33. The van der Waals surface area contributed by atoms with Crippen LogP contribution in [-0.2, 0) is 13.0 Å². The van der Waals surface area contributed by atoms with Crippen molar-refractivity contribution in [1.82, 2.24) is 20.1 Å². The zero-order chi connectivity index (χ0) is 17.1. The lowest BCUT2D eigenvalue weighted by atomic mass is 9.95. The number of halogens is 1. The van der Waals surface area contributed by atoms with Crippen LogP contribution in [0.25, 0.3) is 0 Å². The van der Waals surface area contributed by atoms with Gasteiger partial charge in [-0.1, -0.05) is 6.92 Å². The monoisotopic (exact) mass is 333 g/mol. The number of hydrogen-bond acceptors (Lipinski definition) is 5. The van der Waals surface area contributed by atoms with Gasteiger partial charge in [-0.15, -0.1) is 0 Å². The molecule has 1 N–H and O–H groups in total. The summed E-state index contributed by atoms with van der Waals surface area (Å²) in [6.07, 6.45) is 2.61. The predicted molar refractivity (Wildman–Crippen MR) is 86.1 cm³/mol. The van der Waals surface area contributed by atoms with Gasteiger partial charge in [-0.3, -0.25) is 20.1 Å². The summed E-state index contributed by atoms with van der Waals surface area (Å²) >= 11 is 0. The molecular formula is C16H20FN5O2.